The topological polar surface area (TPSA) is 87.0 Å². The fourth-order valence-electron chi connectivity index (χ4n) is 3.32. The molecule has 162 valence electrons. The number of aromatic nitrogens is 4. The summed E-state index contributed by atoms with van der Waals surface area (Å²) in [5.74, 6) is -0.707. The van der Waals surface area contributed by atoms with E-state index < -0.39 is 42.2 Å². The van der Waals surface area contributed by atoms with Crippen LogP contribution in [0.4, 0.5) is 23.5 Å². The molecule has 0 aliphatic rings. The van der Waals surface area contributed by atoms with Gasteiger partial charge in [-0.3, -0.25) is 9.78 Å². The lowest BCUT2D eigenvalue weighted by atomic mass is 10.0. The number of aliphatic hydroxyl groups excluding tert-OH is 1. The van der Waals surface area contributed by atoms with Crippen LogP contribution in [0.1, 0.15) is 36.2 Å². The fraction of sp³-hybridized carbons (Fsp3) is 0.421. The van der Waals surface area contributed by atoms with Gasteiger partial charge in [-0.15, -0.1) is 0 Å². The molecule has 0 radical (unpaired) electrons. The van der Waals surface area contributed by atoms with Gasteiger partial charge in [-0.25, -0.2) is 9.07 Å². The molecule has 0 bridgehead atoms. The molecule has 0 saturated heterocycles. The summed E-state index contributed by atoms with van der Waals surface area (Å²) in [6.45, 7) is 1.28. The van der Waals surface area contributed by atoms with Crippen LogP contribution < -0.4 is 10.5 Å². The number of H-pyrrole nitrogens is 1. The maximum absolute atomic E-state index is 14.4. The Morgan fingerprint density at radius 2 is 2.00 bits per heavy atom. The largest absolute Gasteiger partial charge is 0.393 e. The summed E-state index contributed by atoms with van der Waals surface area (Å²) in [4.78, 5) is 21.1. The van der Waals surface area contributed by atoms with E-state index in [2.05, 4.69) is 15.1 Å². The monoisotopic (exact) mass is 427 g/mol. The third kappa shape index (κ3) is 4.16. The van der Waals surface area contributed by atoms with Crippen LogP contribution in [0, 0.1) is 5.82 Å². The molecule has 0 aliphatic carbocycles. The highest BCUT2D eigenvalue weighted by Crippen LogP contribution is 2.29. The highest BCUT2D eigenvalue weighted by atomic mass is 19.4. The van der Waals surface area contributed by atoms with Crippen molar-refractivity contribution in [1.29, 1.82) is 0 Å². The second kappa shape index (κ2) is 8.05. The van der Waals surface area contributed by atoms with Crippen molar-refractivity contribution in [2.24, 2.45) is 0 Å². The second-order valence-corrected chi connectivity index (χ2v) is 7.10. The molecule has 30 heavy (non-hydrogen) atoms. The van der Waals surface area contributed by atoms with Crippen LogP contribution in [0.15, 0.2) is 23.0 Å². The molecule has 7 nitrogen and oxygen atoms in total. The molecule has 2 aromatic heterocycles. The third-order valence-electron chi connectivity index (χ3n) is 4.73. The van der Waals surface area contributed by atoms with Crippen molar-refractivity contribution in [1.82, 2.24) is 19.7 Å². The molecule has 0 unspecified atom stereocenters. The van der Waals surface area contributed by atoms with E-state index in [1.807, 2.05) is 0 Å². The van der Waals surface area contributed by atoms with Crippen molar-refractivity contribution in [3.63, 3.8) is 0 Å². The number of nitrogens with zero attached hydrogens (tertiary/aromatic N) is 4. The lowest BCUT2D eigenvalue weighted by molar-refractivity contribution is -0.127. The highest BCUT2D eigenvalue weighted by Gasteiger charge is 2.30. The van der Waals surface area contributed by atoms with Gasteiger partial charge >= 0.3 is 6.18 Å². The van der Waals surface area contributed by atoms with Crippen molar-refractivity contribution < 1.29 is 22.7 Å². The number of rotatable bonds is 6. The lowest BCUT2D eigenvalue weighted by Crippen LogP contribution is -2.20. The Kier molecular flexibility index (Phi) is 5.84. The average Bonchev–Trinajstić information content (AvgIpc) is 3.02. The van der Waals surface area contributed by atoms with Gasteiger partial charge in [-0.2, -0.15) is 23.3 Å². The first-order valence-corrected chi connectivity index (χ1v) is 9.20. The predicted octanol–water partition coefficient (Wildman–Crippen LogP) is 2.92. The minimum atomic E-state index is -4.52. The fourth-order valence-corrected chi connectivity index (χ4v) is 3.32. The molecule has 3 rings (SSSR count). The maximum Gasteiger partial charge on any atom is 0.393 e. The zero-order valence-electron chi connectivity index (χ0n) is 16.6. The van der Waals surface area contributed by atoms with E-state index in [4.69, 9.17) is 0 Å². The molecule has 0 aliphatic heterocycles. The standard InChI is InChI=1S/C19H21F4N5O2/c1-4-14(10-5-6-11(12(20)7-10)8-19(21,22)23)28-16-15(13(9-29)26-28)17(30)25-18(24-16)27(2)3/h5-7,14,29H,4,8-9H2,1-3H3,(H,24,25,30)/t14-/m0/s1. The molecule has 0 spiro atoms. The minimum Gasteiger partial charge on any atom is -0.390 e. The molecule has 2 heterocycles. The quantitative estimate of drug-likeness (QED) is 0.591. The van der Waals surface area contributed by atoms with Gasteiger partial charge in [-0.1, -0.05) is 19.1 Å². The van der Waals surface area contributed by atoms with Gasteiger partial charge in [0.15, 0.2) is 5.65 Å². The first-order valence-electron chi connectivity index (χ1n) is 9.20. The zero-order chi connectivity index (χ0) is 22.2. The van der Waals surface area contributed by atoms with E-state index in [-0.39, 0.29) is 22.7 Å². The van der Waals surface area contributed by atoms with Crippen molar-refractivity contribution in [3.8, 4) is 0 Å². The van der Waals surface area contributed by atoms with Crippen LogP contribution >= 0.6 is 0 Å². The summed E-state index contributed by atoms with van der Waals surface area (Å²) < 4.78 is 53.6. The lowest BCUT2D eigenvalue weighted by Gasteiger charge is -2.19. The van der Waals surface area contributed by atoms with E-state index >= 15 is 0 Å². The number of aliphatic hydroxyl groups is 1. The van der Waals surface area contributed by atoms with E-state index in [1.54, 1.807) is 25.9 Å². The minimum absolute atomic E-state index is 0.107. The Bertz CT molecular complexity index is 1120. The van der Waals surface area contributed by atoms with Crippen molar-refractivity contribution >= 4 is 17.0 Å². The average molecular weight is 427 g/mol. The summed E-state index contributed by atoms with van der Waals surface area (Å²) in [5.41, 5.74) is -0.259. The zero-order valence-corrected chi connectivity index (χ0v) is 16.6. The Morgan fingerprint density at radius 1 is 1.30 bits per heavy atom. The number of fused-ring (bicyclic) bond motifs is 1. The van der Waals surface area contributed by atoms with Crippen LogP contribution in [0.3, 0.4) is 0 Å². The van der Waals surface area contributed by atoms with Crippen molar-refractivity contribution in [2.45, 2.75) is 38.6 Å². The van der Waals surface area contributed by atoms with Gasteiger partial charge < -0.3 is 10.0 Å². The van der Waals surface area contributed by atoms with Gasteiger partial charge in [-0.05, 0) is 23.6 Å². The van der Waals surface area contributed by atoms with E-state index in [0.29, 0.717) is 12.0 Å². The molecule has 2 N–H and O–H groups in total. The van der Waals surface area contributed by atoms with Crippen LogP contribution in [0.5, 0.6) is 0 Å². The summed E-state index contributed by atoms with van der Waals surface area (Å²) in [5, 5.41) is 14.0. The van der Waals surface area contributed by atoms with Gasteiger partial charge in [0.05, 0.1) is 19.1 Å². The number of aromatic amines is 1. The van der Waals surface area contributed by atoms with Crippen molar-refractivity contribution in [2.75, 3.05) is 19.0 Å². The maximum atomic E-state index is 14.4. The van der Waals surface area contributed by atoms with Crippen LogP contribution in [0.25, 0.3) is 11.0 Å². The Labute approximate surface area is 169 Å². The van der Waals surface area contributed by atoms with Gasteiger partial charge in [0.25, 0.3) is 5.56 Å². The second-order valence-electron chi connectivity index (χ2n) is 7.10. The summed E-state index contributed by atoms with van der Waals surface area (Å²) in [6.07, 6.45) is -5.49. The SMILES string of the molecule is CC[C@@H](c1ccc(CC(F)(F)F)c(F)c1)n1nc(CO)c2c(=O)[nH]c(N(C)C)nc21. The van der Waals surface area contributed by atoms with Gasteiger partial charge in [0.1, 0.15) is 16.9 Å². The molecule has 0 saturated carbocycles. The van der Waals surface area contributed by atoms with Crippen molar-refractivity contribution in [3.05, 3.63) is 51.2 Å². The molecular weight excluding hydrogens is 406 g/mol. The molecule has 0 fully saturated rings. The highest BCUT2D eigenvalue weighted by molar-refractivity contribution is 5.78. The predicted molar refractivity (Wildman–Crippen MR) is 103 cm³/mol. The Balaban J connectivity index is 2.15. The number of hydrogen-bond donors (Lipinski definition) is 2. The molecule has 1 aromatic carbocycles. The van der Waals surface area contributed by atoms with Crippen LogP contribution in [-0.4, -0.2) is 45.1 Å². The number of halogens is 4. The smallest absolute Gasteiger partial charge is 0.390 e. The molecule has 3 aromatic rings. The third-order valence-corrected chi connectivity index (χ3v) is 4.73. The number of hydrogen-bond acceptors (Lipinski definition) is 5. The summed E-state index contributed by atoms with van der Waals surface area (Å²) in [7, 11) is 3.37. The first kappa shape index (κ1) is 21.8. The summed E-state index contributed by atoms with van der Waals surface area (Å²) in [6, 6.07) is 2.95. The van der Waals surface area contributed by atoms with Crippen LogP contribution in [0.2, 0.25) is 0 Å². The Hall–Kier alpha value is -2.95. The van der Waals surface area contributed by atoms with E-state index in [9.17, 15) is 27.5 Å². The van der Waals surface area contributed by atoms with E-state index in [1.165, 1.54) is 10.7 Å². The number of benzene rings is 1. The normalized spacial score (nSPS) is 13.1. The van der Waals surface area contributed by atoms with Crippen LogP contribution in [-0.2, 0) is 13.0 Å². The first-order chi connectivity index (χ1) is 14.1. The number of nitrogens with one attached hydrogen (secondary N) is 1. The molecule has 0 amide bonds. The summed E-state index contributed by atoms with van der Waals surface area (Å²) >= 11 is 0. The molecule has 1 atom stereocenters. The number of anilines is 1. The van der Waals surface area contributed by atoms with E-state index in [0.717, 1.165) is 12.1 Å². The van der Waals surface area contributed by atoms with Gasteiger partial charge in [0.2, 0.25) is 5.95 Å². The molecule has 11 heteroatoms. The molecular formula is C19H21F4N5O2. The number of alkyl halides is 3. The van der Waals surface area contributed by atoms with Gasteiger partial charge in [0, 0.05) is 14.1 Å². The Morgan fingerprint density at radius 3 is 2.53 bits per heavy atom.